The monoisotopic (exact) mass is 396 g/mol. The molecular weight excluding hydrogens is 382 g/mol. The maximum Gasteiger partial charge on any atom is 0.429 e. The predicted molar refractivity (Wildman–Crippen MR) is 92.1 cm³/mol. The zero-order chi connectivity index (χ0) is 20.6. The molecule has 0 fully saturated rings. The molecule has 3 rings (SSSR count). The Morgan fingerprint density at radius 3 is 1.96 bits per heavy atom. The number of halogens is 6. The number of aryl methyl sites for hydroxylation is 2. The van der Waals surface area contributed by atoms with Crippen molar-refractivity contribution in [2.24, 2.45) is 0 Å². The van der Waals surface area contributed by atoms with Gasteiger partial charge in [0.05, 0.1) is 5.56 Å². The van der Waals surface area contributed by atoms with E-state index in [0.29, 0.717) is 34.9 Å². The Hall–Kier alpha value is -2.96. The van der Waals surface area contributed by atoms with Gasteiger partial charge in [0.2, 0.25) is 0 Å². The Labute approximate surface area is 157 Å². The van der Waals surface area contributed by atoms with Crippen LogP contribution in [-0.4, -0.2) is 0 Å². The third kappa shape index (κ3) is 3.98. The Balaban J connectivity index is 1.96. The smallest absolute Gasteiger partial charge is 0.429 e. The van der Waals surface area contributed by atoms with Crippen molar-refractivity contribution in [1.29, 1.82) is 0 Å². The van der Waals surface area contributed by atoms with Crippen LogP contribution in [0.5, 0.6) is 5.75 Å². The second-order valence-electron chi connectivity index (χ2n) is 6.33. The van der Waals surface area contributed by atoms with Crippen molar-refractivity contribution in [3.8, 4) is 16.9 Å². The summed E-state index contributed by atoms with van der Waals surface area (Å²) in [5, 5.41) is 0. The summed E-state index contributed by atoms with van der Waals surface area (Å²) >= 11 is 0. The minimum Gasteiger partial charge on any atom is -0.429 e. The van der Waals surface area contributed by atoms with Crippen molar-refractivity contribution in [1.82, 2.24) is 0 Å². The molecule has 0 amide bonds. The van der Waals surface area contributed by atoms with Gasteiger partial charge in [-0.25, -0.2) is 17.6 Å². The zero-order valence-corrected chi connectivity index (χ0v) is 14.8. The minimum atomic E-state index is -4.18. The standard InChI is InChI=1S/C21H14F6O/c1-11-5-12(2)19(24)10-17(11)13-3-4-18(20(25)6-13)21(26,27)28-16-8-14(22)7-15(23)9-16/h3-10H,1-2H3. The van der Waals surface area contributed by atoms with Gasteiger partial charge in [0.25, 0.3) is 0 Å². The van der Waals surface area contributed by atoms with Gasteiger partial charge in [-0.3, -0.25) is 0 Å². The van der Waals surface area contributed by atoms with Gasteiger partial charge in [0.1, 0.15) is 29.0 Å². The molecular formula is C21H14F6O. The molecule has 0 saturated carbocycles. The quantitative estimate of drug-likeness (QED) is 0.449. The molecule has 0 unspecified atom stereocenters. The molecule has 0 aliphatic carbocycles. The fourth-order valence-electron chi connectivity index (χ4n) is 2.85. The van der Waals surface area contributed by atoms with Crippen LogP contribution < -0.4 is 4.74 Å². The molecule has 0 radical (unpaired) electrons. The lowest BCUT2D eigenvalue weighted by molar-refractivity contribution is -0.187. The number of ether oxygens (including phenoxy) is 1. The molecule has 3 aromatic carbocycles. The van der Waals surface area contributed by atoms with Crippen LogP contribution in [0.15, 0.2) is 48.5 Å². The Kier molecular flexibility index (Phi) is 5.10. The highest BCUT2D eigenvalue weighted by atomic mass is 19.3. The van der Waals surface area contributed by atoms with E-state index in [2.05, 4.69) is 4.74 Å². The maximum atomic E-state index is 14.4. The first kappa shape index (κ1) is 19.8. The zero-order valence-electron chi connectivity index (χ0n) is 14.8. The molecule has 0 aliphatic heterocycles. The number of hydrogen-bond acceptors (Lipinski definition) is 1. The van der Waals surface area contributed by atoms with Crippen LogP contribution in [0.3, 0.4) is 0 Å². The van der Waals surface area contributed by atoms with E-state index in [9.17, 15) is 26.3 Å². The molecule has 0 aliphatic rings. The van der Waals surface area contributed by atoms with Crippen LogP contribution in [0.25, 0.3) is 11.1 Å². The number of alkyl halides is 2. The lowest BCUT2D eigenvalue weighted by Crippen LogP contribution is -2.23. The van der Waals surface area contributed by atoms with Crippen molar-refractivity contribution < 1.29 is 31.1 Å². The first-order valence-electron chi connectivity index (χ1n) is 8.17. The molecule has 0 aromatic heterocycles. The van der Waals surface area contributed by atoms with E-state index in [4.69, 9.17) is 0 Å². The van der Waals surface area contributed by atoms with E-state index in [1.54, 1.807) is 19.9 Å². The van der Waals surface area contributed by atoms with Crippen LogP contribution in [-0.2, 0) is 6.11 Å². The molecule has 0 saturated heterocycles. The highest BCUT2D eigenvalue weighted by Gasteiger charge is 2.38. The Morgan fingerprint density at radius 1 is 0.714 bits per heavy atom. The first-order valence-corrected chi connectivity index (χ1v) is 8.17. The van der Waals surface area contributed by atoms with Crippen LogP contribution >= 0.6 is 0 Å². The van der Waals surface area contributed by atoms with Gasteiger partial charge in [0.15, 0.2) is 0 Å². The Bertz CT molecular complexity index is 1030. The van der Waals surface area contributed by atoms with E-state index in [0.717, 1.165) is 12.1 Å². The van der Waals surface area contributed by atoms with Crippen LogP contribution in [0.1, 0.15) is 16.7 Å². The summed E-state index contributed by atoms with van der Waals surface area (Å²) in [5.74, 6) is -4.83. The second kappa shape index (κ2) is 7.22. The molecule has 1 nitrogen and oxygen atoms in total. The van der Waals surface area contributed by atoms with E-state index in [1.165, 1.54) is 12.1 Å². The summed E-state index contributed by atoms with van der Waals surface area (Å²) in [7, 11) is 0. The van der Waals surface area contributed by atoms with Gasteiger partial charge >= 0.3 is 6.11 Å². The number of hydrogen-bond donors (Lipinski definition) is 0. The van der Waals surface area contributed by atoms with Gasteiger partial charge < -0.3 is 4.74 Å². The summed E-state index contributed by atoms with van der Waals surface area (Å²) in [5.41, 5.74) is 0.478. The normalized spacial score (nSPS) is 11.6. The highest BCUT2D eigenvalue weighted by molar-refractivity contribution is 5.68. The minimum absolute atomic E-state index is 0.199. The number of rotatable bonds is 4. The van der Waals surface area contributed by atoms with Gasteiger partial charge in [-0.05, 0) is 54.3 Å². The van der Waals surface area contributed by atoms with Gasteiger partial charge in [-0.15, -0.1) is 0 Å². The summed E-state index contributed by atoms with van der Waals surface area (Å²) in [6.45, 7) is 3.26. The summed E-state index contributed by atoms with van der Waals surface area (Å²) in [6, 6.07) is 7.18. The molecule has 3 aromatic rings. The lowest BCUT2D eigenvalue weighted by atomic mass is 9.97. The van der Waals surface area contributed by atoms with E-state index < -0.39 is 40.7 Å². The van der Waals surface area contributed by atoms with Crippen molar-refractivity contribution in [2.75, 3.05) is 0 Å². The SMILES string of the molecule is Cc1cc(C)c(-c2ccc(C(F)(F)Oc3cc(F)cc(F)c3)c(F)c2)cc1F. The Morgan fingerprint density at radius 2 is 1.36 bits per heavy atom. The fourth-order valence-corrected chi connectivity index (χ4v) is 2.85. The average Bonchev–Trinajstić information content (AvgIpc) is 2.56. The van der Waals surface area contributed by atoms with Crippen molar-refractivity contribution >= 4 is 0 Å². The predicted octanol–water partition coefficient (Wildman–Crippen LogP) is 6.66. The summed E-state index contributed by atoms with van der Waals surface area (Å²) < 4.78 is 87.5. The van der Waals surface area contributed by atoms with Gasteiger partial charge in [-0.1, -0.05) is 12.1 Å². The van der Waals surface area contributed by atoms with Crippen LogP contribution in [0, 0.1) is 37.1 Å². The van der Waals surface area contributed by atoms with Crippen LogP contribution in [0.4, 0.5) is 26.3 Å². The van der Waals surface area contributed by atoms with Crippen LogP contribution in [0.2, 0.25) is 0 Å². The first-order chi connectivity index (χ1) is 13.1. The molecule has 0 heterocycles. The summed E-state index contributed by atoms with van der Waals surface area (Å²) in [4.78, 5) is 0. The second-order valence-corrected chi connectivity index (χ2v) is 6.33. The fraction of sp³-hybridized carbons (Fsp3) is 0.143. The number of benzene rings is 3. The molecule has 0 N–H and O–H groups in total. The largest absolute Gasteiger partial charge is 0.429 e. The van der Waals surface area contributed by atoms with Crippen molar-refractivity contribution in [3.05, 3.63) is 88.5 Å². The lowest BCUT2D eigenvalue weighted by Gasteiger charge is -2.19. The van der Waals surface area contributed by atoms with Crippen molar-refractivity contribution in [2.45, 2.75) is 20.0 Å². The molecule has 28 heavy (non-hydrogen) atoms. The molecule has 0 bridgehead atoms. The topological polar surface area (TPSA) is 9.23 Å². The third-order valence-corrected chi connectivity index (χ3v) is 4.18. The van der Waals surface area contributed by atoms with Gasteiger partial charge in [0, 0.05) is 18.2 Å². The van der Waals surface area contributed by atoms with E-state index >= 15 is 0 Å². The summed E-state index contributed by atoms with van der Waals surface area (Å²) in [6.07, 6.45) is -4.18. The van der Waals surface area contributed by atoms with Crippen molar-refractivity contribution in [3.63, 3.8) is 0 Å². The highest BCUT2D eigenvalue weighted by Crippen LogP contribution is 2.36. The molecule has 0 atom stereocenters. The van der Waals surface area contributed by atoms with Gasteiger partial charge in [-0.2, -0.15) is 8.78 Å². The van der Waals surface area contributed by atoms with E-state index in [1.807, 2.05) is 0 Å². The molecule has 0 spiro atoms. The molecule has 7 heteroatoms. The third-order valence-electron chi connectivity index (χ3n) is 4.18. The average molecular weight is 396 g/mol. The van der Waals surface area contributed by atoms with E-state index in [-0.39, 0.29) is 5.56 Å². The maximum absolute atomic E-state index is 14.4. The molecule has 146 valence electrons.